The van der Waals surface area contributed by atoms with Gasteiger partial charge in [-0.2, -0.15) is 0 Å². The number of benzene rings is 1. The fraction of sp³-hybridized carbons (Fsp3) is 0.300. The van der Waals surface area contributed by atoms with Crippen molar-refractivity contribution >= 4 is 27.4 Å². The molecule has 0 aromatic heterocycles. The van der Waals surface area contributed by atoms with Gasteiger partial charge in [0.15, 0.2) is 9.84 Å². The third-order valence-electron chi connectivity index (χ3n) is 1.98. The van der Waals surface area contributed by atoms with E-state index in [0.29, 0.717) is 5.56 Å². The number of ether oxygens (including phenoxy) is 1. The molecule has 0 saturated heterocycles. The van der Waals surface area contributed by atoms with Crippen LogP contribution in [0.15, 0.2) is 29.2 Å². The lowest BCUT2D eigenvalue weighted by Gasteiger charge is -2.03. The molecule has 1 aromatic rings. The first kappa shape index (κ1) is 13.0. The molecule has 0 aliphatic rings. The molecule has 0 amide bonds. The third kappa shape index (κ3) is 2.96. The predicted molar refractivity (Wildman–Crippen MR) is 60.6 cm³/mol. The van der Waals surface area contributed by atoms with Crippen LogP contribution in [-0.4, -0.2) is 33.1 Å². The Morgan fingerprint density at radius 1 is 1.31 bits per heavy atom. The van der Waals surface area contributed by atoms with Crippen molar-refractivity contribution in [2.45, 2.75) is 4.90 Å². The first-order valence-corrected chi connectivity index (χ1v) is 6.67. The summed E-state index contributed by atoms with van der Waals surface area (Å²) < 4.78 is 27.7. The van der Waals surface area contributed by atoms with E-state index in [1.165, 1.54) is 31.4 Å². The molecule has 6 heteroatoms. The van der Waals surface area contributed by atoms with Gasteiger partial charge in [0.2, 0.25) is 0 Å². The van der Waals surface area contributed by atoms with Gasteiger partial charge in [-0.25, -0.2) is 13.2 Å². The summed E-state index contributed by atoms with van der Waals surface area (Å²) in [6.45, 7) is 0. The van der Waals surface area contributed by atoms with Gasteiger partial charge < -0.3 is 4.74 Å². The van der Waals surface area contributed by atoms with E-state index in [1.807, 2.05) is 0 Å². The Bertz CT molecular complexity index is 464. The van der Waals surface area contributed by atoms with E-state index in [2.05, 4.69) is 4.74 Å². The van der Waals surface area contributed by atoms with Crippen molar-refractivity contribution in [2.24, 2.45) is 0 Å². The van der Waals surface area contributed by atoms with Crippen molar-refractivity contribution in [3.05, 3.63) is 29.8 Å². The summed E-state index contributed by atoms with van der Waals surface area (Å²) in [7, 11) is -2.08. The van der Waals surface area contributed by atoms with Crippen LogP contribution in [0.4, 0.5) is 0 Å². The van der Waals surface area contributed by atoms with Crippen LogP contribution in [0, 0.1) is 0 Å². The Morgan fingerprint density at radius 3 is 2.31 bits per heavy atom. The number of rotatable bonds is 4. The minimum atomic E-state index is -3.34. The lowest BCUT2D eigenvalue weighted by atomic mass is 10.2. The van der Waals surface area contributed by atoms with Crippen LogP contribution < -0.4 is 0 Å². The molecule has 0 atom stereocenters. The molecule has 0 fully saturated rings. The monoisotopic (exact) mass is 262 g/mol. The SMILES string of the molecule is COC(=O)c1ccc(S(=O)(=O)CCCl)cc1. The second kappa shape index (κ2) is 5.32. The molecular weight excluding hydrogens is 252 g/mol. The lowest BCUT2D eigenvalue weighted by molar-refractivity contribution is 0.0600. The molecule has 1 aromatic carbocycles. The second-order valence-corrected chi connectivity index (χ2v) is 5.51. The van der Waals surface area contributed by atoms with E-state index in [0.717, 1.165) is 0 Å². The number of sulfone groups is 1. The highest BCUT2D eigenvalue weighted by molar-refractivity contribution is 7.91. The van der Waals surface area contributed by atoms with Gasteiger partial charge >= 0.3 is 5.97 Å². The van der Waals surface area contributed by atoms with Crippen LogP contribution in [0.3, 0.4) is 0 Å². The topological polar surface area (TPSA) is 60.4 Å². The molecule has 0 radical (unpaired) electrons. The highest BCUT2D eigenvalue weighted by atomic mass is 35.5. The second-order valence-electron chi connectivity index (χ2n) is 3.02. The summed E-state index contributed by atoms with van der Waals surface area (Å²) >= 11 is 5.39. The maximum Gasteiger partial charge on any atom is 0.337 e. The third-order valence-corrected chi connectivity index (χ3v) is 4.13. The number of alkyl halides is 1. The summed E-state index contributed by atoms with van der Waals surface area (Å²) in [6, 6.07) is 5.56. The normalized spacial score (nSPS) is 11.1. The van der Waals surface area contributed by atoms with Crippen molar-refractivity contribution in [3.8, 4) is 0 Å². The minimum absolute atomic E-state index is 0.0427. The van der Waals surface area contributed by atoms with Gasteiger partial charge in [-0.1, -0.05) is 0 Å². The summed E-state index contributed by atoms with van der Waals surface area (Å²) in [4.78, 5) is 11.3. The number of hydrogen-bond donors (Lipinski definition) is 0. The average molecular weight is 263 g/mol. The van der Waals surface area contributed by atoms with Gasteiger partial charge in [-0.3, -0.25) is 0 Å². The Hall–Kier alpha value is -1.07. The number of halogens is 1. The van der Waals surface area contributed by atoms with Crippen LogP contribution in [0.2, 0.25) is 0 Å². The quantitative estimate of drug-likeness (QED) is 0.609. The van der Waals surface area contributed by atoms with Gasteiger partial charge in [0.1, 0.15) is 0 Å². The molecule has 0 heterocycles. The number of carbonyl (C=O) groups is 1. The summed E-state index contributed by atoms with van der Waals surface area (Å²) in [6.07, 6.45) is 0. The molecule has 0 aliphatic heterocycles. The molecule has 0 bridgehead atoms. The first-order chi connectivity index (χ1) is 7.51. The van der Waals surface area contributed by atoms with E-state index in [4.69, 9.17) is 11.6 Å². The molecular formula is C10H11ClO4S. The molecule has 0 N–H and O–H groups in total. The number of hydrogen-bond acceptors (Lipinski definition) is 4. The summed E-state index contributed by atoms with van der Waals surface area (Å²) in [5.41, 5.74) is 0.312. The molecule has 0 saturated carbocycles. The van der Waals surface area contributed by atoms with E-state index in [9.17, 15) is 13.2 Å². The smallest absolute Gasteiger partial charge is 0.337 e. The van der Waals surface area contributed by atoms with Crippen molar-refractivity contribution in [1.82, 2.24) is 0 Å². The zero-order valence-corrected chi connectivity index (χ0v) is 10.2. The highest BCUT2D eigenvalue weighted by Crippen LogP contribution is 2.13. The number of esters is 1. The maximum absolute atomic E-state index is 11.6. The molecule has 4 nitrogen and oxygen atoms in total. The van der Waals surface area contributed by atoms with E-state index in [1.54, 1.807) is 0 Å². The summed E-state index contributed by atoms with van der Waals surface area (Å²) in [5.74, 6) is -0.575. The largest absolute Gasteiger partial charge is 0.465 e. The summed E-state index contributed by atoms with van der Waals surface area (Å²) in [5, 5.41) is 0. The first-order valence-electron chi connectivity index (χ1n) is 4.48. The number of methoxy groups -OCH3 is 1. The molecule has 0 unspecified atom stereocenters. The van der Waals surface area contributed by atoms with Gasteiger partial charge in [0, 0.05) is 5.88 Å². The minimum Gasteiger partial charge on any atom is -0.465 e. The van der Waals surface area contributed by atoms with E-state index < -0.39 is 15.8 Å². The van der Waals surface area contributed by atoms with Crippen LogP contribution >= 0.6 is 11.6 Å². The molecule has 88 valence electrons. The van der Waals surface area contributed by atoms with Crippen LogP contribution in [-0.2, 0) is 14.6 Å². The maximum atomic E-state index is 11.6. The molecule has 0 spiro atoms. The zero-order chi connectivity index (χ0) is 12.2. The Labute approximate surface area is 99.1 Å². The van der Waals surface area contributed by atoms with Crippen molar-refractivity contribution in [3.63, 3.8) is 0 Å². The van der Waals surface area contributed by atoms with E-state index in [-0.39, 0.29) is 16.5 Å². The van der Waals surface area contributed by atoms with Crippen molar-refractivity contribution in [1.29, 1.82) is 0 Å². The Morgan fingerprint density at radius 2 is 1.88 bits per heavy atom. The number of carbonyl (C=O) groups excluding carboxylic acids is 1. The fourth-order valence-electron chi connectivity index (χ4n) is 1.14. The van der Waals surface area contributed by atoms with Crippen LogP contribution in [0.5, 0.6) is 0 Å². The van der Waals surface area contributed by atoms with Crippen molar-refractivity contribution < 1.29 is 17.9 Å². The molecule has 0 aliphatic carbocycles. The Balaban J connectivity index is 3.00. The predicted octanol–water partition coefficient (Wildman–Crippen LogP) is 1.49. The van der Waals surface area contributed by atoms with E-state index >= 15 is 0 Å². The van der Waals surface area contributed by atoms with Crippen LogP contribution in [0.25, 0.3) is 0 Å². The van der Waals surface area contributed by atoms with Gasteiger partial charge in [-0.05, 0) is 24.3 Å². The molecule has 16 heavy (non-hydrogen) atoms. The lowest BCUT2D eigenvalue weighted by Crippen LogP contribution is -2.08. The van der Waals surface area contributed by atoms with Gasteiger partial charge in [0.25, 0.3) is 0 Å². The van der Waals surface area contributed by atoms with Crippen molar-refractivity contribution in [2.75, 3.05) is 18.7 Å². The van der Waals surface area contributed by atoms with Gasteiger partial charge in [0.05, 0.1) is 23.3 Å². The highest BCUT2D eigenvalue weighted by Gasteiger charge is 2.14. The fourth-order valence-corrected chi connectivity index (χ4v) is 2.73. The Kier molecular flexibility index (Phi) is 4.32. The zero-order valence-electron chi connectivity index (χ0n) is 8.64. The van der Waals surface area contributed by atoms with Crippen LogP contribution in [0.1, 0.15) is 10.4 Å². The average Bonchev–Trinajstić information content (AvgIpc) is 2.28. The van der Waals surface area contributed by atoms with Gasteiger partial charge in [-0.15, -0.1) is 11.6 Å². The molecule has 1 rings (SSSR count). The standard InChI is InChI=1S/C10H11ClO4S/c1-15-10(12)8-2-4-9(5-3-8)16(13,14)7-6-11/h2-5H,6-7H2,1H3.